The Kier molecular flexibility index (Phi) is 6.26. The molecule has 7 nitrogen and oxygen atoms in total. The van der Waals surface area contributed by atoms with Gasteiger partial charge in [-0.1, -0.05) is 24.3 Å². The molecule has 1 aliphatic heterocycles. The van der Waals surface area contributed by atoms with Crippen LogP contribution in [0.15, 0.2) is 48.5 Å². The number of carbonyl (C=O) groups excluding carboxylic acids is 3. The van der Waals surface area contributed by atoms with Crippen molar-refractivity contribution in [2.75, 3.05) is 33.3 Å². The summed E-state index contributed by atoms with van der Waals surface area (Å²) in [6, 6.07) is 14.2. The van der Waals surface area contributed by atoms with Crippen molar-refractivity contribution in [3.8, 4) is 5.75 Å². The Morgan fingerprint density at radius 2 is 1.75 bits per heavy atom. The van der Waals surface area contributed by atoms with Gasteiger partial charge in [0, 0.05) is 49.4 Å². The Bertz CT molecular complexity index is 860. The Balaban J connectivity index is 1.64. The summed E-state index contributed by atoms with van der Waals surface area (Å²) in [6.45, 7) is 2.35. The molecule has 0 aliphatic carbocycles. The average molecular weight is 381 g/mol. The first-order valence-electron chi connectivity index (χ1n) is 9.11. The molecule has 146 valence electrons. The van der Waals surface area contributed by atoms with Gasteiger partial charge in [-0.2, -0.15) is 0 Å². The molecule has 1 fully saturated rings. The standard InChI is InChI=1S/C21H23N3O4/c1-28-19-8-3-2-5-18(19)14-22-20(26)16-6-4-7-17(13-16)21(27)24-11-9-23(15-25)10-12-24/h2-8,13,15H,9-12,14H2,1H3,(H,22,26). The van der Waals surface area contributed by atoms with E-state index in [2.05, 4.69) is 5.32 Å². The fraction of sp³-hybridized carbons (Fsp3) is 0.286. The Morgan fingerprint density at radius 3 is 2.46 bits per heavy atom. The maximum absolute atomic E-state index is 12.7. The normalized spacial score (nSPS) is 13.8. The van der Waals surface area contributed by atoms with Crippen LogP contribution in [-0.2, 0) is 11.3 Å². The lowest BCUT2D eigenvalue weighted by Gasteiger charge is -2.32. The van der Waals surface area contributed by atoms with E-state index in [0.29, 0.717) is 49.6 Å². The van der Waals surface area contributed by atoms with Crippen LogP contribution in [0.25, 0.3) is 0 Å². The van der Waals surface area contributed by atoms with Crippen LogP contribution in [0.1, 0.15) is 26.3 Å². The number of carbonyl (C=O) groups is 3. The number of hydrogen-bond donors (Lipinski definition) is 1. The van der Waals surface area contributed by atoms with Crippen LogP contribution >= 0.6 is 0 Å². The number of nitrogens with zero attached hydrogens (tertiary/aromatic N) is 2. The van der Waals surface area contributed by atoms with E-state index < -0.39 is 0 Å². The highest BCUT2D eigenvalue weighted by Crippen LogP contribution is 2.17. The van der Waals surface area contributed by atoms with Crippen LogP contribution in [0.3, 0.4) is 0 Å². The average Bonchev–Trinajstić information content (AvgIpc) is 2.77. The van der Waals surface area contributed by atoms with Crippen molar-refractivity contribution >= 4 is 18.2 Å². The van der Waals surface area contributed by atoms with Gasteiger partial charge in [0.05, 0.1) is 7.11 Å². The first-order valence-corrected chi connectivity index (χ1v) is 9.11. The van der Waals surface area contributed by atoms with Crippen LogP contribution in [0.5, 0.6) is 5.75 Å². The summed E-state index contributed by atoms with van der Waals surface area (Å²) in [6.07, 6.45) is 0.800. The van der Waals surface area contributed by atoms with Gasteiger partial charge in [-0.05, 0) is 24.3 Å². The van der Waals surface area contributed by atoms with Crippen LogP contribution in [0.4, 0.5) is 0 Å². The smallest absolute Gasteiger partial charge is 0.253 e. The predicted octanol–water partition coefficient (Wildman–Crippen LogP) is 1.54. The molecular weight excluding hydrogens is 358 g/mol. The zero-order valence-corrected chi connectivity index (χ0v) is 15.8. The number of rotatable bonds is 6. The molecule has 3 amide bonds. The minimum Gasteiger partial charge on any atom is -0.496 e. The van der Waals surface area contributed by atoms with Crippen molar-refractivity contribution in [3.05, 3.63) is 65.2 Å². The van der Waals surface area contributed by atoms with Crippen molar-refractivity contribution < 1.29 is 19.1 Å². The molecule has 1 N–H and O–H groups in total. The number of para-hydroxylation sites is 1. The summed E-state index contributed by atoms with van der Waals surface area (Å²) < 4.78 is 5.29. The van der Waals surface area contributed by atoms with Gasteiger partial charge >= 0.3 is 0 Å². The molecule has 0 atom stereocenters. The number of amides is 3. The molecule has 0 spiro atoms. The van der Waals surface area contributed by atoms with E-state index in [9.17, 15) is 14.4 Å². The fourth-order valence-electron chi connectivity index (χ4n) is 3.13. The first kappa shape index (κ1) is 19.4. The Morgan fingerprint density at radius 1 is 1.04 bits per heavy atom. The van der Waals surface area contributed by atoms with Gasteiger partial charge in [-0.25, -0.2) is 0 Å². The van der Waals surface area contributed by atoms with E-state index in [1.165, 1.54) is 0 Å². The minimum absolute atomic E-state index is 0.134. The Labute approximate surface area is 163 Å². The number of piperazine rings is 1. The quantitative estimate of drug-likeness (QED) is 0.770. The molecular formula is C21H23N3O4. The lowest BCUT2D eigenvalue weighted by atomic mass is 10.1. The van der Waals surface area contributed by atoms with Gasteiger partial charge in [0.2, 0.25) is 6.41 Å². The van der Waals surface area contributed by atoms with Gasteiger partial charge < -0.3 is 19.9 Å². The van der Waals surface area contributed by atoms with E-state index in [1.807, 2.05) is 24.3 Å². The number of hydrogen-bond acceptors (Lipinski definition) is 4. The topological polar surface area (TPSA) is 79.0 Å². The molecule has 0 aromatic heterocycles. The van der Waals surface area contributed by atoms with E-state index in [1.54, 1.807) is 41.2 Å². The van der Waals surface area contributed by atoms with Crippen molar-refractivity contribution in [3.63, 3.8) is 0 Å². The summed E-state index contributed by atoms with van der Waals surface area (Å²) in [5.41, 5.74) is 1.76. The zero-order chi connectivity index (χ0) is 19.9. The number of benzene rings is 2. The summed E-state index contributed by atoms with van der Waals surface area (Å²) in [5.74, 6) is 0.317. The summed E-state index contributed by atoms with van der Waals surface area (Å²) >= 11 is 0. The molecule has 0 bridgehead atoms. The molecule has 2 aromatic carbocycles. The second-order valence-corrected chi connectivity index (χ2v) is 6.51. The highest BCUT2D eigenvalue weighted by Gasteiger charge is 2.22. The molecule has 1 aliphatic rings. The summed E-state index contributed by atoms with van der Waals surface area (Å²) in [4.78, 5) is 39.4. The molecule has 3 rings (SSSR count). The Hall–Kier alpha value is -3.35. The molecule has 0 saturated carbocycles. The lowest BCUT2D eigenvalue weighted by molar-refractivity contribution is -0.119. The molecule has 28 heavy (non-hydrogen) atoms. The van der Waals surface area contributed by atoms with Gasteiger partial charge in [-0.3, -0.25) is 14.4 Å². The van der Waals surface area contributed by atoms with Gasteiger partial charge in [0.15, 0.2) is 0 Å². The molecule has 0 unspecified atom stereocenters. The largest absolute Gasteiger partial charge is 0.496 e. The zero-order valence-electron chi connectivity index (χ0n) is 15.8. The monoisotopic (exact) mass is 381 g/mol. The second-order valence-electron chi connectivity index (χ2n) is 6.51. The molecule has 1 saturated heterocycles. The number of methoxy groups -OCH3 is 1. The van der Waals surface area contributed by atoms with Crippen molar-refractivity contribution in [1.82, 2.24) is 15.1 Å². The third-order valence-corrected chi connectivity index (χ3v) is 4.75. The van der Waals surface area contributed by atoms with Crippen molar-refractivity contribution in [2.24, 2.45) is 0 Å². The number of nitrogens with one attached hydrogen (secondary N) is 1. The molecule has 0 radical (unpaired) electrons. The molecule has 2 aromatic rings. The second kappa shape index (κ2) is 9.03. The first-order chi connectivity index (χ1) is 13.6. The number of ether oxygens (including phenoxy) is 1. The van der Waals surface area contributed by atoms with Crippen LogP contribution in [-0.4, -0.2) is 61.3 Å². The van der Waals surface area contributed by atoms with Crippen LogP contribution < -0.4 is 10.1 Å². The highest BCUT2D eigenvalue weighted by atomic mass is 16.5. The minimum atomic E-state index is -0.258. The maximum atomic E-state index is 12.7. The van der Waals surface area contributed by atoms with Gasteiger partial charge in [0.25, 0.3) is 11.8 Å². The third-order valence-electron chi connectivity index (χ3n) is 4.75. The molecule has 7 heteroatoms. The van der Waals surface area contributed by atoms with E-state index >= 15 is 0 Å². The van der Waals surface area contributed by atoms with E-state index in [4.69, 9.17) is 4.74 Å². The van der Waals surface area contributed by atoms with Crippen LogP contribution in [0.2, 0.25) is 0 Å². The fourth-order valence-corrected chi connectivity index (χ4v) is 3.13. The van der Waals surface area contributed by atoms with E-state index in [-0.39, 0.29) is 11.8 Å². The SMILES string of the molecule is COc1ccccc1CNC(=O)c1cccc(C(=O)N2CCN(C=O)CC2)c1. The van der Waals surface area contributed by atoms with Gasteiger partial charge in [0.1, 0.15) is 5.75 Å². The summed E-state index contributed by atoms with van der Waals surface area (Å²) in [5, 5.41) is 2.86. The predicted molar refractivity (Wildman–Crippen MR) is 104 cm³/mol. The van der Waals surface area contributed by atoms with Crippen LogP contribution in [0, 0.1) is 0 Å². The van der Waals surface area contributed by atoms with E-state index in [0.717, 1.165) is 12.0 Å². The lowest BCUT2D eigenvalue weighted by Crippen LogP contribution is -2.48. The van der Waals surface area contributed by atoms with Crippen molar-refractivity contribution in [1.29, 1.82) is 0 Å². The maximum Gasteiger partial charge on any atom is 0.253 e. The van der Waals surface area contributed by atoms with Crippen molar-refractivity contribution in [2.45, 2.75) is 6.54 Å². The summed E-state index contributed by atoms with van der Waals surface area (Å²) in [7, 11) is 1.59. The highest BCUT2D eigenvalue weighted by molar-refractivity contribution is 5.99. The van der Waals surface area contributed by atoms with Gasteiger partial charge in [-0.15, -0.1) is 0 Å². The third kappa shape index (κ3) is 4.49. The molecule has 1 heterocycles.